The monoisotopic (exact) mass is 265 g/mol. The van der Waals surface area contributed by atoms with Crippen LogP contribution in [-0.4, -0.2) is 49.8 Å². The number of carbonyl (C=O) groups is 2. The van der Waals surface area contributed by atoms with Crippen LogP contribution in [0, 0.1) is 16.7 Å². The summed E-state index contributed by atoms with van der Waals surface area (Å²) in [7, 11) is 2.16. The molecular formula is C15H25N2O2+. The number of fused-ring (bicyclic) bond motifs is 2. The molecule has 4 heteroatoms. The lowest BCUT2D eigenvalue weighted by atomic mass is 9.70. The molecule has 19 heavy (non-hydrogen) atoms. The minimum atomic E-state index is -0.653. The zero-order valence-electron chi connectivity index (χ0n) is 12.3. The largest absolute Gasteiger partial charge is 0.334 e. The second-order valence-corrected chi connectivity index (χ2v) is 7.32. The summed E-state index contributed by atoms with van der Waals surface area (Å²) < 4.78 is 0. The second kappa shape index (κ2) is 4.05. The molecule has 106 valence electrons. The van der Waals surface area contributed by atoms with E-state index in [9.17, 15) is 9.59 Å². The first-order valence-electron chi connectivity index (χ1n) is 7.53. The maximum Gasteiger partial charge on any atom is 0.236 e. The molecule has 1 amide bonds. The van der Waals surface area contributed by atoms with Crippen molar-refractivity contribution in [1.82, 2.24) is 4.90 Å². The quantitative estimate of drug-likeness (QED) is 0.664. The molecule has 3 aliphatic rings. The summed E-state index contributed by atoms with van der Waals surface area (Å²) in [4.78, 5) is 29.0. The van der Waals surface area contributed by atoms with Gasteiger partial charge in [-0.1, -0.05) is 13.8 Å². The lowest BCUT2D eigenvalue weighted by Gasteiger charge is -2.38. The average Bonchev–Trinajstić information content (AvgIpc) is 2.90. The Morgan fingerprint density at radius 1 is 1.32 bits per heavy atom. The molecule has 0 aromatic heterocycles. The van der Waals surface area contributed by atoms with Crippen molar-refractivity contribution in [2.45, 2.75) is 33.1 Å². The van der Waals surface area contributed by atoms with Crippen molar-refractivity contribution >= 4 is 11.7 Å². The standard InChI is InChI=1S/C15H24N2O2/c1-14(2)11-4-5-15(10-11,12(14)18)13(19)17-8-6-16(3)7-9-17/h11H,4-10H2,1-3H3/p+1/t11-,15-/m0/s1. The van der Waals surface area contributed by atoms with Crippen molar-refractivity contribution in [2.75, 3.05) is 33.2 Å². The van der Waals surface area contributed by atoms with Gasteiger partial charge in [-0.05, 0) is 25.2 Å². The third-order valence-electron chi connectivity index (χ3n) is 5.87. The maximum atomic E-state index is 12.9. The van der Waals surface area contributed by atoms with E-state index in [1.54, 1.807) is 0 Å². The van der Waals surface area contributed by atoms with Crippen LogP contribution in [0.15, 0.2) is 0 Å². The summed E-state index contributed by atoms with van der Waals surface area (Å²) in [5.74, 6) is 0.771. The van der Waals surface area contributed by atoms with Crippen LogP contribution in [0.5, 0.6) is 0 Å². The van der Waals surface area contributed by atoms with Gasteiger partial charge in [0.05, 0.1) is 33.2 Å². The van der Waals surface area contributed by atoms with Crippen molar-refractivity contribution in [3.05, 3.63) is 0 Å². The number of ketones is 1. The van der Waals surface area contributed by atoms with E-state index < -0.39 is 5.41 Å². The van der Waals surface area contributed by atoms with Gasteiger partial charge in [-0.15, -0.1) is 0 Å². The molecule has 3 rings (SSSR count). The zero-order chi connectivity index (χ0) is 13.8. The zero-order valence-corrected chi connectivity index (χ0v) is 12.3. The van der Waals surface area contributed by atoms with Crippen molar-refractivity contribution in [2.24, 2.45) is 16.7 Å². The Morgan fingerprint density at radius 3 is 2.47 bits per heavy atom. The third kappa shape index (κ3) is 1.69. The molecule has 1 N–H and O–H groups in total. The maximum absolute atomic E-state index is 12.9. The number of carbonyl (C=O) groups excluding carboxylic acids is 2. The average molecular weight is 265 g/mol. The number of hydrogen-bond donors (Lipinski definition) is 1. The summed E-state index contributed by atoms with van der Waals surface area (Å²) in [6.07, 6.45) is 2.64. The van der Waals surface area contributed by atoms with Gasteiger partial charge in [-0.2, -0.15) is 0 Å². The summed E-state index contributed by atoms with van der Waals surface area (Å²) in [5.41, 5.74) is -0.939. The Hall–Kier alpha value is -0.900. The Morgan fingerprint density at radius 2 is 1.95 bits per heavy atom. The van der Waals surface area contributed by atoms with Gasteiger partial charge in [-0.25, -0.2) is 0 Å². The van der Waals surface area contributed by atoms with Crippen LogP contribution in [0.1, 0.15) is 33.1 Å². The van der Waals surface area contributed by atoms with E-state index in [-0.39, 0.29) is 17.1 Å². The van der Waals surface area contributed by atoms with E-state index in [1.165, 1.54) is 4.90 Å². The number of hydrogen-bond acceptors (Lipinski definition) is 2. The number of likely N-dealkylation sites (N-methyl/N-ethyl adjacent to an activating group) is 1. The van der Waals surface area contributed by atoms with Crippen molar-refractivity contribution in [1.29, 1.82) is 0 Å². The molecule has 0 aromatic carbocycles. The highest BCUT2D eigenvalue weighted by molar-refractivity contribution is 6.10. The molecular weight excluding hydrogens is 240 g/mol. The third-order valence-corrected chi connectivity index (χ3v) is 5.87. The topological polar surface area (TPSA) is 41.8 Å². The first kappa shape index (κ1) is 13.1. The van der Waals surface area contributed by atoms with Gasteiger partial charge < -0.3 is 9.80 Å². The summed E-state index contributed by atoms with van der Waals surface area (Å²) >= 11 is 0. The minimum Gasteiger partial charge on any atom is -0.334 e. The lowest BCUT2D eigenvalue weighted by molar-refractivity contribution is -0.883. The van der Waals surface area contributed by atoms with E-state index in [0.717, 1.165) is 45.4 Å². The van der Waals surface area contributed by atoms with Crippen LogP contribution >= 0.6 is 0 Å². The predicted octanol–water partition coefficient (Wildman–Crippen LogP) is -0.261. The van der Waals surface area contributed by atoms with Gasteiger partial charge >= 0.3 is 0 Å². The number of nitrogens with one attached hydrogen (secondary N) is 1. The SMILES string of the molecule is C[NH+]1CCN(C(=O)[C@@]23CC[C@@H](C2)C(C)(C)C3=O)CC1. The second-order valence-electron chi connectivity index (χ2n) is 7.32. The van der Waals surface area contributed by atoms with Crippen molar-refractivity contribution < 1.29 is 14.5 Å². The Bertz CT molecular complexity index is 424. The molecule has 1 aliphatic heterocycles. The van der Waals surface area contributed by atoms with Crippen LogP contribution in [0.25, 0.3) is 0 Å². The number of nitrogens with zero attached hydrogens (tertiary/aromatic N) is 1. The highest BCUT2D eigenvalue weighted by Gasteiger charge is 2.65. The fraction of sp³-hybridized carbons (Fsp3) is 0.867. The predicted molar refractivity (Wildman–Crippen MR) is 71.8 cm³/mol. The molecule has 3 fully saturated rings. The van der Waals surface area contributed by atoms with Gasteiger partial charge in [0, 0.05) is 5.41 Å². The highest BCUT2D eigenvalue weighted by Crippen LogP contribution is 2.60. The molecule has 0 aromatic rings. The molecule has 1 saturated heterocycles. The van der Waals surface area contributed by atoms with Gasteiger partial charge in [-0.3, -0.25) is 9.59 Å². The van der Waals surface area contributed by atoms with Gasteiger partial charge in [0.15, 0.2) is 5.78 Å². The molecule has 0 spiro atoms. The van der Waals surface area contributed by atoms with E-state index in [0.29, 0.717) is 5.92 Å². The first-order chi connectivity index (χ1) is 8.88. The first-order valence-corrected chi connectivity index (χ1v) is 7.53. The Balaban J connectivity index is 1.82. The van der Waals surface area contributed by atoms with Crippen LogP contribution < -0.4 is 4.90 Å². The molecule has 2 aliphatic carbocycles. The fourth-order valence-corrected chi connectivity index (χ4v) is 4.36. The fourth-order valence-electron chi connectivity index (χ4n) is 4.36. The Labute approximate surface area is 115 Å². The molecule has 1 heterocycles. The number of Topliss-reactive ketones (excluding diaryl/α,β-unsaturated/α-hetero) is 1. The van der Waals surface area contributed by atoms with Crippen molar-refractivity contribution in [3.8, 4) is 0 Å². The number of quaternary nitrogens is 1. The molecule has 0 radical (unpaired) electrons. The Kier molecular flexibility index (Phi) is 2.79. The molecule has 4 nitrogen and oxygen atoms in total. The van der Waals surface area contributed by atoms with Crippen LogP contribution in [-0.2, 0) is 9.59 Å². The summed E-state index contributed by atoms with van der Waals surface area (Å²) in [5, 5.41) is 0. The van der Waals surface area contributed by atoms with Gasteiger partial charge in [0.2, 0.25) is 5.91 Å². The number of rotatable bonds is 1. The molecule has 2 bridgehead atoms. The van der Waals surface area contributed by atoms with Crippen LogP contribution in [0.2, 0.25) is 0 Å². The molecule has 2 atom stereocenters. The highest BCUT2D eigenvalue weighted by atomic mass is 16.2. The van der Waals surface area contributed by atoms with E-state index >= 15 is 0 Å². The van der Waals surface area contributed by atoms with Crippen LogP contribution in [0.4, 0.5) is 0 Å². The minimum absolute atomic E-state index is 0.137. The number of piperazine rings is 1. The van der Waals surface area contributed by atoms with Crippen LogP contribution in [0.3, 0.4) is 0 Å². The lowest BCUT2D eigenvalue weighted by Crippen LogP contribution is -3.12. The molecule has 0 unspecified atom stereocenters. The van der Waals surface area contributed by atoms with Crippen molar-refractivity contribution in [3.63, 3.8) is 0 Å². The van der Waals surface area contributed by atoms with Gasteiger partial charge in [0.1, 0.15) is 5.41 Å². The molecule has 2 saturated carbocycles. The van der Waals surface area contributed by atoms with Gasteiger partial charge in [0.25, 0.3) is 0 Å². The van der Waals surface area contributed by atoms with E-state index in [2.05, 4.69) is 7.05 Å². The normalized spacial score (nSPS) is 37.9. The smallest absolute Gasteiger partial charge is 0.236 e. The summed E-state index contributed by atoms with van der Waals surface area (Å²) in [6, 6.07) is 0. The number of amides is 1. The van der Waals surface area contributed by atoms with E-state index in [4.69, 9.17) is 0 Å². The van der Waals surface area contributed by atoms with E-state index in [1.807, 2.05) is 18.7 Å². The summed E-state index contributed by atoms with van der Waals surface area (Å²) in [6.45, 7) is 7.69.